The van der Waals surface area contributed by atoms with Gasteiger partial charge in [-0.1, -0.05) is 5.92 Å². The van der Waals surface area contributed by atoms with Crippen molar-refractivity contribution >= 4 is 22.4 Å². The van der Waals surface area contributed by atoms with Crippen molar-refractivity contribution in [3.05, 3.63) is 48.3 Å². The third-order valence-corrected chi connectivity index (χ3v) is 3.45. The Balaban J connectivity index is 2.04. The molecule has 0 aliphatic carbocycles. The number of terminal acetylenes is 1. The quantitative estimate of drug-likeness (QED) is 0.749. The van der Waals surface area contributed by atoms with E-state index >= 15 is 0 Å². The van der Waals surface area contributed by atoms with Crippen LogP contribution in [-0.4, -0.2) is 24.2 Å². The molecule has 0 unspecified atom stereocenters. The van der Waals surface area contributed by atoms with E-state index in [1.165, 1.54) is 6.33 Å². The average Bonchev–Trinajstić information content (AvgIpc) is 2.61. The predicted molar refractivity (Wildman–Crippen MR) is 90.3 cm³/mol. The molecule has 1 N–H and O–H groups in total. The topological polar surface area (TPSA) is 56.3 Å². The van der Waals surface area contributed by atoms with E-state index in [2.05, 4.69) is 21.2 Å². The lowest BCUT2D eigenvalue weighted by Gasteiger charge is -2.12. The Bertz CT molecular complexity index is 883. The molecule has 5 heteroatoms. The van der Waals surface area contributed by atoms with E-state index in [-0.39, 0.29) is 0 Å². The average molecular weight is 305 g/mol. The summed E-state index contributed by atoms with van der Waals surface area (Å²) < 4.78 is 10.7. The number of aromatic nitrogens is 2. The minimum atomic E-state index is 0.625. The van der Waals surface area contributed by atoms with Crippen LogP contribution in [0.3, 0.4) is 0 Å². The summed E-state index contributed by atoms with van der Waals surface area (Å²) in [5.41, 5.74) is 2.48. The Hall–Kier alpha value is -3.26. The molecular formula is C18H15N3O2. The third-order valence-electron chi connectivity index (χ3n) is 3.45. The van der Waals surface area contributed by atoms with Gasteiger partial charge in [0.25, 0.3) is 0 Å². The molecule has 114 valence electrons. The molecule has 0 fully saturated rings. The van der Waals surface area contributed by atoms with E-state index < -0.39 is 0 Å². The lowest BCUT2D eigenvalue weighted by atomic mass is 10.2. The van der Waals surface area contributed by atoms with Crippen LogP contribution in [0.1, 0.15) is 5.56 Å². The summed E-state index contributed by atoms with van der Waals surface area (Å²) in [6, 6.07) is 11.2. The summed E-state index contributed by atoms with van der Waals surface area (Å²) in [7, 11) is 3.19. The van der Waals surface area contributed by atoms with E-state index in [0.717, 1.165) is 22.2 Å². The summed E-state index contributed by atoms with van der Waals surface area (Å²) >= 11 is 0. The molecule has 0 atom stereocenters. The Morgan fingerprint density at radius 2 is 1.70 bits per heavy atom. The number of anilines is 2. The van der Waals surface area contributed by atoms with Crippen molar-refractivity contribution in [3.63, 3.8) is 0 Å². The summed E-state index contributed by atoms with van der Waals surface area (Å²) in [6.07, 6.45) is 6.88. The Labute approximate surface area is 134 Å². The third kappa shape index (κ3) is 2.87. The molecule has 2 aromatic carbocycles. The molecular weight excluding hydrogens is 290 g/mol. The van der Waals surface area contributed by atoms with Crippen LogP contribution in [0.15, 0.2) is 42.7 Å². The number of methoxy groups -OCH3 is 2. The molecule has 3 rings (SSSR count). The lowest BCUT2D eigenvalue weighted by Crippen LogP contribution is -1.98. The molecule has 0 saturated carbocycles. The summed E-state index contributed by atoms with van der Waals surface area (Å²) in [4.78, 5) is 8.60. The lowest BCUT2D eigenvalue weighted by molar-refractivity contribution is 0.356. The van der Waals surface area contributed by atoms with Crippen LogP contribution >= 0.6 is 0 Å². The fourth-order valence-electron chi connectivity index (χ4n) is 2.27. The minimum Gasteiger partial charge on any atom is -0.493 e. The Morgan fingerprint density at radius 1 is 1.00 bits per heavy atom. The van der Waals surface area contributed by atoms with Gasteiger partial charge in [-0.05, 0) is 30.3 Å². The zero-order valence-electron chi connectivity index (χ0n) is 12.8. The van der Waals surface area contributed by atoms with E-state index in [1.54, 1.807) is 14.2 Å². The Morgan fingerprint density at radius 3 is 2.35 bits per heavy atom. The molecule has 0 saturated heterocycles. The van der Waals surface area contributed by atoms with Gasteiger partial charge in [-0.25, -0.2) is 9.97 Å². The highest BCUT2D eigenvalue weighted by atomic mass is 16.5. The first-order chi connectivity index (χ1) is 11.2. The maximum absolute atomic E-state index is 5.37. The van der Waals surface area contributed by atoms with Crippen molar-refractivity contribution in [2.45, 2.75) is 0 Å². The minimum absolute atomic E-state index is 0.625. The van der Waals surface area contributed by atoms with Crippen LogP contribution in [0.25, 0.3) is 10.9 Å². The first-order valence-electron chi connectivity index (χ1n) is 6.95. The Kier molecular flexibility index (Phi) is 3.98. The van der Waals surface area contributed by atoms with Crippen molar-refractivity contribution in [1.82, 2.24) is 9.97 Å². The number of ether oxygens (including phenoxy) is 2. The van der Waals surface area contributed by atoms with E-state index in [4.69, 9.17) is 15.9 Å². The van der Waals surface area contributed by atoms with E-state index in [9.17, 15) is 0 Å². The van der Waals surface area contributed by atoms with Crippen molar-refractivity contribution < 1.29 is 9.47 Å². The van der Waals surface area contributed by atoms with Gasteiger partial charge in [-0.2, -0.15) is 0 Å². The standard InChI is InChI=1S/C18H15N3O2/c1-4-12-5-7-13(8-6-12)21-18-14-9-16(22-2)17(23-3)10-15(14)19-11-20-18/h1,5-11H,2-3H3,(H,19,20,21). The molecule has 1 heterocycles. The van der Waals surface area contributed by atoms with E-state index in [1.807, 2.05) is 36.4 Å². The maximum Gasteiger partial charge on any atom is 0.162 e. The normalized spacial score (nSPS) is 10.1. The zero-order chi connectivity index (χ0) is 16.2. The molecule has 0 amide bonds. The number of hydrogen-bond donors (Lipinski definition) is 1. The predicted octanol–water partition coefficient (Wildman–Crippen LogP) is 3.37. The van der Waals surface area contributed by atoms with Gasteiger partial charge in [0, 0.05) is 22.7 Å². The van der Waals surface area contributed by atoms with Gasteiger partial charge >= 0.3 is 0 Å². The molecule has 1 aromatic heterocycles. The van der Waals surface area contributed by atoms with Crippen LogP contribution in [0.5, 0.6) is 11.5 Å². The van der Waals surface area contributed by atoms with Gasteiger partial charge in [-0.3, -0.25) is 0 Å². The van der Waals surface area contributed by atoms with Gasteiger partial charge in [0.15, 0.2) is 11.5 Å². The van der Waals surface area contributed by atoms with E-state index in [0.29, 0.717) is 17.3 Å². The fraction of sp³-hybridized carbons (Fsp3) is 0.111. The highest BCUT2D eigenvalue weighted by Crippen LogP contribution is 2.34. The van der Waals surface area contributed by atoms with Crippen LogP contribution in [0.2, 0.25) is 0 Å². The van der Waals surface area contributed by atoms with Crippen molar-refractivity contribution in [1.29, 1.82) is 0 Å². The largest absolute Gasteiger partial charge is 0.493 e. The molecule has 0 bridgehead atoms. The number of nitrogens with one attached hydrogen (secondary N) is 1. The second-order valence-electron chi connectivity index (χ2n) is 4.79. The van der Waals surface area contributed by atoms with Gasteiger partial charge in [0.2, 0.25) is 0 Å². The van der Waals surface area contributed by atoms with Gasteiger partial charge in [0.05, 0.1) is 19.7 Å². The van der Waals surface area contributed by atoms with Crippen molar-refractivity contribution in [2.24, 2.45) is 0 Å². The first-order valence-corrected chi connectivity index (χ1v) is 6.95. The fourth-order valence-corrected chi connectivity index (χ4v) is 2.27. The molecule has 5 nitrogen and oxygen atoms in total. The molecule has 0 aliphatic heterocycles. The number of hydrogen-bond acceptors (Lipinski definition) is 5. The number of benzene rings is 2. The molecule has 0 spiro atoms. The van der Waals surface area contributed by atoms with Crippen LogP contribution < -0.4 is 14.8 Å². The molecule has 0 aliphatic rings. The number of rotatable bonds is 4. The monoisotopic (exact) mass is 305 g/mol. The molecule has 23 heavy (non-hydrogen) atoms. The van der Waals surface area contributed by atoms with Crippen LogP contribution in [0, 0.1) is 12.3 Å². The van der Waals surface area contributed by atoms with Gasteiger partial charge in [-0.15, -0.1) is 6.42 Å². The highest BCUT2D eigenvalue weighted by Gasteiger charge is 2.11. The van der Waals surface area contributed by atoms with Crippen LogP contribution in [-0.2, 0) is 0 Å². The van der Waals surface area contributed by atoms with Crippen molar-refractivity contribution in [2.75, 3.05) is 19.5 Å². The molecule has 0 radical (unpaired) electrons. The summed E-state index contributed by atoms with van der Waals surface area (Å²) in [5, 5.41) is 4.11. The summed E-state index contributed by atoms with van der Waals surface area (Å²) in [5.74, 6) is 4.53. The SMILES string of the molecule is C#Cc1ccc(Nc2ncnc3cc(OC)c(OC)cc23)cc1. The maximum atomic E-state index is 5.37. The summed E-state index contributed by atoms with van der Waals surface area (Å²) in [6.45, 7) is 0. The molecule has 3 aromatic rings. The van der Waals surface area contributed by atoms with Crippen molar-refractivity contribution in [3.8, 4) is 23.8 Å². The first kappa shape index (κ1) is 14.7. The smallest absolute Gasteiger partial charge is 0.162 e. The van der Waals surface area contributed by atoms with Crippen LogP contribution in [0.4, 0.5) is 11.5 Å². The second kappa shape index (κ2) is 6.24. The van der Waals surface area contributed by atoms with Gasteiger partial charge in [0.1, 0.15) is 12.1 Å². The second-order valence-corrected chi connectivity index (χ2v) is 4.79. The number of nitrogens with zero attached hydrogens (tertiary/aromatic N) is 2. The zero-order valence-corrected chi connectivity index (χ0v) is 12.8. The van der Waals surface area contributed by atoms with Gasteiger partial charge < -0.3 is 14.8 Å². The highest BCUT2D eigenvalue weighted by molar-refractivity contribution is 5.93. The number of fused-ring (bicyclic) bond motifs is 1.